The third-order valence-electron chi connectivity index (χ3n) is 3.83. The van der Waals surface area contributed by atoms with Crippen LogP contribution in [0.4, 0.5) is 0 Å². The molecule has 0 unspecified atom stereocenters. The van der Waals surface area contributed by atoms with Crippen LogP contribution < -0.4 is 0 Å². The molecule has 0 aliphatic carbocycles. The first-order valence-corrected chi connectivity index (χ1v) is 33.1. The van der Waals surface area contributed by atoms with Crippen LogP contribution in [0.25, 0.3) is 0 Å². The maximum absolute atomic E-state index is 2.76. The van der Waals surface area contributed by atoms with Crippen molar-refractivity contribution in [1.82, 2.24) is 0 Å². The molecule has 0 aromatic carbocycles. The van der Waals surface area contributed by atoms with Gasteiger partial charge in [-0.3, -0.25) is 0 Å². The second-order valence-corrected chi connectivity index (χ2v) is 56.3. The summed E-state index contributed by atoms with van der Waals surface area (Å²) in [4.78, 5) is 11.0. The molecule has 0 aromatic heterocycles. The SMILES string of the molecule is C[Si]1(C)[CH2][Sn]([CH3])([CH3])[CH2][Si](C)(C)[CH2][Sn]([CH3])([CH3])[CH2]1. The van der Waals surface area contributed by atoms with Gasteiger partial charge in [-0.1, -0.05) is 0 Å². The van der Waals surface area contributed by atoms with Crippen LogP contribution in [0.5, 0.6) is 0 Å². The summed E-state index contributed by atoms with van der Waals surface area (Å²) in [5.74, 6) is 0. The maximum atomic E-state index is 2.76. The van der Waals surface area contributed by atoms with Gasteiger partial charge in [0.15, 0.2) is 0 Å². The molecule has 0 amide bonds. The molecular formula is C12H32Si2Sn2. The molecule has 0 N–H and O–H groups in total. The van der Waals surface area contributed by atoms with E-state index in [0.29, 0.717) is 0 Å². The predicted octanol–water partition coefficient (Wildman–Crippen LogP) is 4.99. The molecule has 0 atom stereocenters. The van der Waals surface area contributed by atoms with E-state index in [2.05, 4.69) is 45.9 Å². The van der Waals surface area contributed by atoms with E-state index >= 15 is 0 Å². The predicted molar refractivity (Wildman–Crippen MR) is 89.2 cm³/mol. The standard InChI is InChI=1S/2C4H10Si.4CH3.2Sn/c2*1-5(2,3)4;;;;;;/h2*1-2H2,3-4H3;4*1H3;;. The zero-order valence-electron chi connectivity index (χ0n) is 12.8. The monoisotopic (exact) mass is 472 g/mol. The van der Waals surface area contributed by atoms with E-state index in [1.54, 1.807) is 16.2 Å². The summed E-state index contributed by atoms with van der Waals surface area (Å²) < 4.78 is 7.16. The third kappa shape index (κ3) is 5.35. The molecule has 0 saturated carbocycles. The minimum atomic E-state index is -1.62. The fraction of sp³-hybridized carbons (Fsp3) is 1.00. The molecule has 0 aromatic rings. The summed E-state index contributed by atoms with van der Waals surface area (Å²) in [6.07, 6.45) is 0. The average molecular weight is 470 g/mol. The van der Waals surface area contributed by atoms with Gasteiger partial charge in [0.25, 0.3) is 0 Å². The number of rotatable bonds is 0. The van der Waals surface area contributed by atoms with Gasteiger partial charge in [-0.15, -0.1) is 0 Å². The Morgan fingerprint density at radius 3 is 0.938 bits per heavy atom. The molecule has 1 aliphatic rings. The summed E-state index contributed by atoms with van der Waals surface area (Å²) in [7, 11) is -1.60. The molecule has 1 heterocycles. The zero-order valence-corrected chi connectivity index (χ0v) is 20.5. The van der Waals surface area contributed by atoms with E-state index in [-0.39, 0.29) is 0 Å². The molecular weight excluding hydrogens is 438 g/mol. The van der Waals surface area contributed by atoms with E-state index in [1.165, 1.54) is 0 Å². The second kappa shape index (κ2) is 4.85. The summed E-state index contributed by atoms with van der Waals surface area (Å²) in [5, 5.41) is 0. The Labute approximate surface area is 114 Å². The Morgan fingerprint density at radius 1 is 0.562 bits per heavy atom. The van der Waals surface area contributed by atoms with E-state index in [4.69, 9.17) is 0 Å². The fourth-order valence-corrected chi connectivity index (χ4v) is 129. The van der Waals surface area contributed by atoms with Gasteiger partial charge in [0.05, 0.1) is 0 Å². The van der Waals surface area contributed by atoms with Crippen LogP contribution in [0, 0.1) is 0 Å². The van der Waals surface area contributed by atoms with Gasteiger partial charge in [0, 0.05) is 0 Å². The molecule has 1 rings (SSSR count). The minimum absolute atomic E-state index is 0.798. The fourth-order valence-electron chi connectivity index (χ4n) is 5.43. The Bertz CT molecular complexity index is 198. The molecule has 0 nitrogen and oxygen atoms in total. The number of hydrogen-bond donors (Lipinski definition) is 0. The van der Waals surface area contributed by atoms with Crippen molar-refractivity contribution in [2.45, 2.75) is 62.2 Å². The molecule has 0 radical (unpaired) electrons. The first kappa shape index (κ1) is 16.1. The molecule has 16 heavy (non-hydrogen) atoms. The summed E-state index contributed by atoms with van der Waals surface area (Å²) in [5.41, 5.74) is 0. The molecule has 1 aliphatic heterocycles. The van der Waals surface area contributed by atoms with Crippen molar-refractivity contribution >= 4 is 52.9 Å². The van der Waals surface area contributed by atoms with Crippen LogP contribution in [0.15, 0.2) is 0 Å². The Balaban J connectivity index is 2.98. The van der Waals surface area contributed by atoms with Gasteiger partial charge in [0.1, 0.15) is 0 Å². The van der Waals surface area contributed by atoms with E-state index < -0.39 is 52.9 Å². The third-order valence-corrected chi connectivity index (χ3v) is 77.0. The van der Waals surface area contributed by atoms with Gasteiger partial charge in [-0.2, -0.15) is 0 Å². The van der Waals surface area contributed by atoms with Gasteiger partial charge in [-0.25, -0.2) is 0 Å². The topological polar surface area (TPSA) is 0 Å². The van der Waals surface area contributed by atoms with Crippen molar-refractivity contribution in [3.05, 3.63) is 0 Å². The Hall–Kier alpha value is 2.03. The van der Waals surface area contributed by atoms with Gasteiger partial charge < -0.3 is 0 Å². The molecule has 0 spiro atoms. The van der Waals surface area contributed by atoms with Crippen LogP contribution in [-0.4, -0.2) is 52.9 Å². The van der Waals surface area contributed by atoms with Gasteiger partial charge in [-0.05, 0) is 0 Å². The summed E-state index contributed by atoms with van der Waals surface area (Å²) in [6, 6.07) is 0. The summed E-state index contributed by atoms with van der Waals surface area (Å²) in [6.45, 7) is 10.9. The Kier molecular flexibility index (Phi) is 4.88. The normalized spacial score (nSPS) is 31.5. The molecule has 1 saturated heterocycles. The zero-order chi connectivity index (χ0) is 12.8. The first-order valence-electron chi connectivity index (χ1n) is 6.83. The van der Waals surface area contributed by atoms with Crippen LogP contribution in [0.3, 0.4) is 0 Å². The van der Waals surface area contributed by atoms with Crippen molar-refractivity contribution in [2.24, 2.45) is 0 Å². The Morgan fingerprint density at radius 2 is 0.750 bits per heavy atom. The van der Waals surface area contributed by atoms with E-state index in [1.807, 2.05) is 0 Å². The molecule has 4 heteroatoms. The van der Waals surface area contributed by atoms with Crippen molar-refractivity contribution < 1.29 is 0 Å². The molecule has 1 fully saturated rings. The summed E-state index contributed by atoms with van der Waals surface area (Å²) >= 11 is -3.23. The van der Waals surface area contributed by atoms with Crippen molar-refractivity contribution in [3.63, 3.8) is 0 Å². The van der Waals surface area contributed by atoms with Crippen molar-refractivity contribution in [2.75, 3.05) is 0 Å². The van der Waals surface area contributed by atoms with Crippen LogP contribution in [0.2, 0.25) is 62.2 Å². The second-order valence-electron chi connectivity index (χ2n) is 9.36. The molecule has 96 valence electrons. The van der Waals surface area contributed by atoms with Crippen molar-refractivity contribution in [3.8, 4) is 0 Å². The quantitative estimate of drug-likeness (QED) is 0.438. The van der Waals surface area contributed by atoms with Gasteiger partial charge in [0.2, 0.25) is 0 Å². The van der Waals surface area contributed by atoms with E-state index in [0.717, 1.165) is 0 Å². The van der Waals surface area contributed by atoms with E-state index in [9.17, 15) is 0 Å². The van der Waals surface area contributed by atoms with Crippen LogP contribution in [-0.2, 0) is 0 Å². The van der Waals surface area contributed by atoms with Gasteiger partial charge >= 0.3 is 115 Å². The van der Waals surface area contributed by atoms with Crippen molar-refractivity contribution in [1.29, 1.82) is 0 Å². The van der Waals surface area contributed by atoms with Crippen LogP contribution >= 0.6 is 0 Å². The molecule has 0 bridgehead atoms. The first-order chi connectivity index (χ1) is 6.83. The number of hydrogen-bond acceptors (Lipinski definition) is 0. The average Bonchev–Trinajstić information content (AvgIpc) is 1.67. The van der Waals surface area contributed by atoms with Crippen LogP contribution in [0.1, 0.15) is 0 Å².